The molecule has 4 heteroatoms. The number of amides is 1. The summed E-state index contributed by atoms with van der Waals surface area (Å²) < 4.78 is 0. The van der Waals surface area contributed by atoms with Crippen LogP contribution in [0.1, 0.15) is 33.6 Å². The number of carbonyl (C=O) groups excluding carboxylic acids is 1. The molecule has 0 fully saturated rings. The van der Waals surface area contributed by atoms with Crippen LogP contribution in [-0.2, 0) is 4.79 Å². The smallest absolute Gasteiger partial charge is 0.238 e. The van der Waals surface area contributed by atoms with Gasteiger partial charge in [0.05, 0.1) is 0 Å². The van der Waals surface area contributed by atoms with Crippen molar-refractivity contribution in [1.82, 2.24) is 10.0 Å². The van der Waals surface area contributed by atoms with Crippen LogP contribution in [0.15, 0.2) is 12.7 Å². The standard InChI is InChI=1S/C12H25N3O/c1-5-9-14(10-6-2)15(11(3)4)12(16)7-8-13/h5,11H,1,6-10,13H2,2-4H3. The van der Waals surface area contributed by atoms with E-state index in [1.807, 2.05) is 24.9 Å². The van der Waals surface area contributed by atoms with Crippen molar-refractivity contribution in [3.63, 3.8) is 0 Å². The van der Waals surface area contributed by atoms with E-state index in [0.29, 0.717) is 19.5 Å². The van der Waals surface area contributed by atoms with E-state index < -0.39 is 0 Å². The van der Waals surface area contributed by atoms with E-state index in [2.05, 4.69) is 13.5 Å². The van der Waals surface area contributed by atoms with Gasteiger partial charge in [-0.3, -0.25) is 9.80 Å². The van der Waals surface area contributed by atoms with Crippen LogP contribution >= 0.6 is 0 Å². The fourth-order valence-corrected chi connectivity index (χ4v) is 1.70. The lowest BCUT2D eigenvalue weighted by molar-refractivity contribution is -0.152. The highest BCUT2D eigenvalue weighted by molar-refractivity contribution is 5.76. The first-order chi connectivity index (χ1) is 7.58. The van der Waals surface area contributed by atoms with Gasteiger partial charge < -0.3 is 5.73 Å². The van der Waals surface area contributed by atoms with E-state index in [1.165, 1.54) is 0 Å². The van der Waals surface area contributed by atoms with Crippen LogP contribution in [0, 0.1) is 0 Å². The summed E-state index contributed by atoms with van der Waals surface area (Å²) in [7, 11) is 0. The maximum absolute atomic E-state index is 11.9. The molecule has 4 nitrogen and oxygen atoms in total. The number of hydrogen-bond donors (Lipinski definition) is 1. The lowest BCUT2D eigenvalue weighted by atomic mass is 10.3. The molecule has 2 N–H and O–H groups in total. The van der Waals surface area contributed by atoms with Crippen molar-refractivity contribution in [2.75, 3.05) is 19.6 Å². The summed E-state index contributed by atoms with van der Waals surface area (Å²) in [5, 5.41) is 3.84. The Labute approximate surface area is 99.1 Å². The third-order valence-electron chi connectivity index (χ3n) is 2.23. The summed E-state index contributed by atoms with van der Waals surface area (Å²) in [5.41, 5.74) is 5.43. The largest absolute Gasteiger partial charge is 0.330 e. The van der Waals surface area contributed by atoms with Gasteiger partial charge in [-0.1, -0.05) is 13.0 Å². The van der Waals surface area contributed by atoms with Crippen LogP contribution in [0.25, 0.3) is 0 Å². The monoisotopic (exact) mass is 227 g/mol. The Morgan fingerprint density at radius 3 is 2.50 bits per heavy atom. The number of carbonyl (C=O) groups is 1. The second kappa shape index (κ2) is 8.30. The van der Waals surface area contributed by atoms with Crippen LogP contribution in [0.4, 0.5) is 0 Å². The molecule has 0 aliphatic heterocycles. The molecule has 0 aromatic rings. The van der Waals surface area contributed by atoms with E-state index in [1.54, 1.807) is 5.01 Å². The molecular formula is C12H25N3O. The summed E-state index contributed by atoms with van der Waals surface area (Å²) in [5.74, 6) is 0.0906. The highest BCUT2D eigenvalue weighted by atomic mass is 16.2. The SMILES string of the molecule is C=CCN(CCC)N(C(=O)CCN)C(C)C. The number of nitrogens with zero attached hydrogens (tertiary/aromatic N) is 2. The van der Waals surface area contributed by atoms with Gasteiger partial charge in [-0.15, -0.1) is 6.58 Å². The van der Waals surface area contributed by atoms with Gasteiger partial charge in [-0.2, -0.15) is 0 Å². The summed E-state index contributed by atoms with van der Waals surface area (Å²) >= 11 is 0. The lowest BCUT2D eigenvalue weighted by Gasteiger charge is -2.37. The Kier molecular flexibility index (Phi) is 7.85. The normalized spacial score (nSPS) is 10.9. The number of hydrogen-bond acceptors (Lipinski definition) is 3. The molecule has 0 unspecified atom stereocenters. The molecule has 94 valence electrons. The number of rotatable bonds is 8. The van der Waals surface area contributed by atoms with Crippen molar-refractivity contribution in [3.05, 3.63) is 12.7 Å². The molecule has 0 spiro atoms. The van der Waals surface area contributed by atoms with Gasteiger partial charge in [-0.25, -0.2) is 5.01 Å². The average molecular weight is 227 g/mol. The van der Waals surface area contributed by atoms with Crippen LogP contribution in [-0.4, -0.2) is 41.6 Å². The quantitative estimate of drug-likeness (QED) is 0.503. The summed E-state index contributed by atoms with van der Waals surface area (Å²) in [4.78, 5) is 11.9. The van der Waals surface area contributed by atoms with E-state index in [-0.39, 0.29) is 11.9 Å². The van der Waals surface area contributed by atoms with Crippen molar-refractivity contribution in [3.8, 4) is 0 Å². The minimum absolute atomic E-state index is 0.0906. The zero-order valence-electron chi connectivity index (χ0n) is 10.8. The third kappa shape index (κ3) is 4.77. The molecule has 0 heterocycles. The maximum atomic E-state index is 11.9. The Hall–Kier alpha value is -0.870. The second-order valence-corrected chi connectivity index (χ2v) is 4.07. The van der Waals surface area contributed by atoms with Crippen molar-refractivity contribution >= 4 is 5.91 Å². The second-order valence-electron chi connectivity index (χ2n) is 4.07. The van der Waals surface area contributed by atoms with Crippen LogP contribution in [0.5, 0.6) is 0 Å². The average Bonchev–Trinajstić information content (AvgIpc) is 2.18. The van der Waals surface area contributed by atoms with Crippen molar-refractivity contribution in [1.29, 1.82) is 0 Å². The summed E-state index contributed by atoms with van der Waals surface area (Å²) in [6.07, 6.45) is 3.23. The fourth-order valence-electron chi connectivity index (χ4n) is 1.70. The molecule has 0 atom stereocenters. The first-order valence-corrected chi connectivity index (χ1v) is 5.96. The molecule has 0 bridgehead atoms. The number of hydrazine groups is 1. The first-order valence-electron chi connectivity index (χ1n) is 5.96. The van der Waals surface area contributed by atoms with E-state index in [0.717, 1.165) is 13.0 Å². The van der Waals surface area contributed by atoms with Gasteiger partial charge in [-0.05, 0) is 20.3 Å². The molecule has 0 aromatic carbocycles. The zero-order valence-corrected chi connectivity index (χ0v) is 10.8. The summed E-state index contributed by atoms with van der Waals surface area (Å²) in [6, 6.07) is 0.158. The Balaban J connectivity index is 4.68. The van der Waals surface area contributed by atoms with E-state index in [4.69, 9.17) is 5.73 Å². The van der Waals surface area contributed by atoms with Crippen molar-refractivity contribution in [2.24, 2.45) is 5.73 Å². The molecule has 0 saturated heterocycles. The Morgan fingerprint density at radius 1 is 1.50 bits per heavy atom. The molecule has 0 aliphatic rings. The van der Waals surface area contributed by atoms with Crippen LogP contribution in [0.3, 0.4) is 0 Å². The molecule has 0 radical (unpaired) electrons. The number of nitrogens with two attached hydrogens (primary N) is 1. The molecule has 0 saturated carbocycles. The highest BCUT2D eigenvalue weighted by Gasteiger charge is 2.21. The summed E-state index contributed by atoms with van der Waals surface area (Å²) in [6.45, 7) is 11.8. The van der Waals surface area contributed by atoms with Gasteiger partial charge >= 0.3 is 0 Å². The van der Waals surface area contributed by atoms with Gasteiger partial charge in [0.1, 0.15) is 0 Å². The predicted molar refractivity (Wildman–Crippen MR) is 67.7 cm³/mol. The van der Waals surface area contributed by atoms with E-state index in [9.17, 15) is 4.79 Å². The van der Waals surface area contributed by atoms with Gasteiger partial charge in [0, 0.05) is 32.1 Å². The topological polar surface area (TPSA) is 49.6 Å². The van der Waals surface area contributed by atoms with Crippen LogP contribution < -0.4 is 5.73 Å². The molecule has 0 rings (SSSR count). The Morgan fingerprint density at radius 2 is 2.12 bits per heavy atom. The predicted octanol–water partition coefficient (Wildman–Crippen LogP) is 1.39. The van der Waals surface area contributed by atoms with Gasteiger partial charge in [0.25, 0.3) is 0 Å². The van der Waals surface area contributed by atoms with Gasteiger partial charge in [0.15, 0.2) is 0 Å². The van der Waals surface area contributed by atoms with Gasteiger partial charge in [0.2, 0.25) is 5.91 Å². The van der Waals surface area contributed by atoms with E-state index >= 15 is 0 Å². The highest BCUT2D eigenvalue weighted by Crippen LogP contribution is 2.08. The third-order valence-corrected chi connectivity index (χ3v) is 2.23. The zero-order chi connectivity index (χ0) is 12.6. The lowest BCUT2D eigenvalue weighted by Crippen LogP contribution is -2.51. The molecule has 16 heavy (non-hydrogen) atoms. The minimum atomic E-state index is 0.0906. The minimum Gasteiger partial charge on any atom is -0.330 e. The fraction of sp³-hybridized carbons (Fsp3) is 0.750. The molecule has 0 aliphatic carbocycles. The van der Waals surface area contributed by atoms with Crippen molar-refractivity contribution in [2.45, 2.75) is 39.7 Å². The molecule has 1 amide bonds. The Bertz CT molecular complexity index is 216. The maximum Gasteiger partial charge on any atom is 0.238 e. The molecular weight excluding hydrogens is 202 g/mol. The van der Waals surface area contributed by atoms with Crippen LogP contribution in [0.2, 0.25) is 0 Å². The first kappa shape index (κ1) is 15.1. The molecule has 0 aromatic heterocycles. The van der Waals surface area contributed by atoms with Crippen molar-refractivity contribution < 1.29 is 4.79 Å².